The van der Waals surface area contributed by atoms with Crippen molar-refractivity contribution in [2.45, 2.75) is 32.7 Å². The van der Waals surface area contributed by atoms with Crippen LogP contribution in [0.1, 0.15) is 26.7 Å². The van der Waals surface area contributed by atoms with Crippen LogP contribution in [0.15, 0.2) is 0 Å². The third-order valence-corrected chi connectivity index (χ3v) is 4.25. The number of nitrogens with two attached hydrogens (primary N) is 1. The Morgan fingerprint density at radius 3 is 2.93 bits per heavy atom. The van der Waals surface area contributed by atoms with Gasteiger partial charge in [-0.15, -0.1) is 0 Å². The highest BCUT2D eigenvalue weighted by Gasteiger charge is 2.24. The minimum atomic E-state index is 0.292. The van der Waals surface area contributed by atoms with Crippen molar-refractivity contribution in [2.24, 2.45) is 11.7 Å². The largest absolute Gasteiger partial charge is 0.338 e. The summed E-state index contributed by atoms with van der Waals surface area (Å²) in [5, 5.41) is 0. The lowest BCUT2D eigenvalue weighted by molar-refractivity contribution is -0.133. The highest BCUT2D eigenvalue weighted by atomic mass is 32.2. The van der Waals surface area contributed by atoms with Gasteiger partial charge in [-0.05, 0) is 19.4 Å². The van der Waals surface area contributed by atoms with E-state index in [2.05, 4.69) is 13.8 Å². The van der Waals surface area contributed by atoms with Crippen molar-refractivity contribution in [3.8, 4) is 0 Å². The lowest BCUT2D eigenvalue weighted by Crippen LogP contribution is -2.45. The third-order valence-electron chi connectivity index (χ3n) is 3.06. The van der Waals surface area contributed by atoms with Gasteiger partial charge in [0, 0.05) is 30.5 Å². The first kappa shape index (κ1) is 12.8. The van der Waals surface area contributed by atoms with Crippen molar-refractivity contribution in [3.63, 3.8) is 0 Å². The van der Waals surface area contributed by atoms with E-state index in [9.17, 15) is 4.79 Å². The van der Waals surface area contributed by atoms with Crippen molar-refractivity contribution in [3.05, 3.63) is 0 Å². The molecule has 2 unspecified atom stereocenters. The molecular formula is C11H22N2OS. The normalized spacial score (nSPS) is 23.9. The van der Waals surface area contributed by atoms with Gasteiger partial charge in [0.1, 0.15) is 0 Å². The Bertz CT molecular complexity index is 207. The summed E-state index contributed by atoms with van der Waals surface area (Å²) in [6, 6.07) is 0.395. The molecule has 0 bridgehead atoms. The Balaban J connectivity index is 2.44. The Hall–Kier alpha value is -0.220. The molecule has 15 heavy (non-hydrogen) atoms. The van der Waals surface area contributed by atoms with Gasteiger partial charge in [-0.25, -0.2) is 0 Å². The summed E-state index contributed by atoms with van der Waals surface area (Å²) in [5.74, 6) is 2.81. The number of carbonyl (C=O) groups is 1. The fraction of sp³-hybridized carbons (Fsp3) is 0.909. The maximum Gasteiger partial charge on any atom is 0.223 e. The second kappa shape index (κ2) is 6.38. The van der Waals surface area contributed by atoms with E-state index in [1.165, 1.54) is 0 Å². The molecule has 0 aromatic heterocycles. The van der Waals surface area contributed by atoms with Gasteiger partial charge in [0.25, 0.3) is 0 Å². The molecule has 1 fully saturated rings. The quantitative estimate of drug-likeness (QED) is 0.792. The average molecular weight is 230 g/mol. The zero-order chi connectivity index (χ0) is 11.3. The Kier molecular flexibility index (Phi) is 5.47. The Morgan fingerprint density at radius 2 is 2.40 bits per heavy atom. The SMILES string of the molecule is CCC(CN)CC(=O)N1CCSCC1C. The number of hydrogen-bond acceptors (Lipinski definition) is 3. The van der Waals surface area contributed by atoms with Crippen LogP contribution in [0.3, 0.4) is 0 Å². The summed E-state index contributed by atoms with van der Waals surface area (Å²) in [4.78, 5) is 14.0. The standard InChI is InChI=1S/C11H22N2OS/c1-3-10(7-12)6-11(14)13-4-5-15-8-9(13)2/h9-10H,3-8,12H2,1-2H3. The van der Waals surface area contributed by atoms with E-state index in [4.69, 9.17) is 5.73 Å². The molecule has 2 N–H and O–H groups in total. The second-order valence-electron chi connectivity index (χ2n) is 4.23. The summed E-state index contributed by atoms with van der Waals surface area (Å²) in [6.07, 6.45) is 1.63. The second-order valence-corrected chi connectivity index (χ2v) is 5.37. The molecule has 1 heterocycles. The van der Waals surface area contributed by atoms with Crippen molar-refractivity contribution < 1.29 is 4.79 Å². The molecule has 0 spiro atoms. The molecule has 2 atom stereocenters. The minimum Gasteiger partial charge on any atom is -0.338 e. The smallest absolute Gasteiger partial charge is 0.223 e. The molecule has 3 nitrogen and oxygen atoms in total. The van der Waals surface area contributed by atoms with Crippen molar-refractivity contribution in [2.75, 3.05) is 24.6 Å². The molecule has 1 aliphatic heterocycles. The molecule has 0 aromatic carbocycles. The Labute approximate surface area is 96.8 Å². The average Bonchev–Trinajstić information content (AvgIpc) is 2.26. The zero-order valence-electron chi connectivity index (χ0n) is 9.74. The number of hydrogen-bond donors (Lipinski definition) is 1. The van der Waals surface area contributed by atoms with E-state index in [0.717, 1.165) is 24.5 Å². The third kappa shape index (κ3) is 3.68. The van der Waals surface area contributed by atoms with Crippen LogP contribution in [-0.2, 0) is 4.79 Å². The fourth-order valence-corrected chi connectivity index (χ4v) is 2.87. The summed E-state index contributed by atoms with van der Waals surface area (Å²) in [5.41, 5.74) is 5.62. The monoisotopic (exact) mass is 230 g/mol. The molecule has 1 rings (SSSR count). The molecule has 1 aliphatic rings. The fourth-order valence-electron chi connectivity index (χ4n) is 1.86. The first-order valence-corrected chi connectivity index (χ1v) is 6.91. The predicted octanol–water partition coefficient (Wildman–Crippen LogP) is 1.33. The van der Waals surface area contributed by atoms with Crippen LogP contribution in [0.5, 0.6) is 0 Å². The predicted molar refractivity (Wildman–Crippen MR) is 66.0 cm³/mol. The van der Waals surface area contributed by atoms with E-state index in [-0.39, 0.29) is 0 Å². The molecule has 0 aromatic rings. The van der Waals surface area contributed by atoms with Crippen LogP contribution in [0.25, 0.3) is 0 Å². The van der Waals surface area contributed by atoms with E-state index in [1.54, 1.807) is 0 Å². The van der Waals surface area contributed by atoms with Crippen LogP contribution >= 0.6 is 11.8 Å². The number of nitrogens with zero attached hydrogens (tertiary/aromatic N) is 1. The van der Waals surface area contributed by atoms with Gasteiger partial charge in [0.2, 0.25) is 5.91 Å². The molecule has 0 saturated carbocycles. The van der Waals surface area contributed by atoms with Gasteiger partial charge >= 0.3 is 0 Å². The molecule has 1 amide bonds. The summed E-state index contributed by atoms with van der Waals surface area (Å²) in [7, 11) is 0. The Morgan fingerprint density at radius 1 is 1.67 bits per heavy atom. The van der Waals surface area contributed by atoms with Gasteiger partial charge in [-0.3, -0.25) is 4.79 Å². The number of amides is 1. The highest BCUT2D eigenvalue weighted by molar-refractivity contribution is 7.99. The van der Waals surface area contributed by atoms with Crippen LogP contribution in [0, 0.1) is 5.92 Å². The first-order chi connectivity index (χ1) is 7.19. The number of rotatable bonds is 4. The van der Waals surface area contributed by atoms with Gasteiger partial charge in [-0.2, -0.15) is 11.8 Å². The van der Waals surface area contributed by atoms with E-state index in [1.807, 2.05) is 16.7 Å². The first-order valence-electron chi connectivity index (χ1n) is 5.76. The van der Waals surface area contributed by atoms with Gasteiger partial charge in [-0.1, -0.05) is 13.3 Å². The topological polar surface area (TPSA) is 46.3 Å². The lowest BCUT2D eigenvalue weighted by Gasteiger charge is -2.34. The summed E-state index contributed by atoms with van der Waals surface area (Å²) >= 11 is 1.94. The van der Waals surface area contributed by atoms with Gasteiger partial charge in [0.15, 0.2) is 0 Å². The number of thioether (sulfide) groups is 1. The van der Waals surface area contributed by atoms with E-state index < -0.39 is 0 Å². The van der Waals surface area contributed by atoms with Crippen LogP contribution in [0.2, 0.25) is 0 Å². The summed E-state index contributed by atoms with van der Waals surface area (Å²) < 4.78 is 0. The maximum atomic E-state index is 12.0. The van der Waals surface area contributed by atoms with E-state index >= 15 is 0 Å². The maximum absolute atomic E-state index is 12.0. The van der Waals surface area contributed by atoms with Gasteiger partial charge < -0.3 is 10.6 Å². The summed E-state index contributed by atoms with van der Waals surface area (Å²) in [6.45, 7) is 5.76. The molecule has 0 aliphatic carbocycles. The van der Waals surface area contributed by atoms with Gasteiger partial charge in [0.05, 0.1) is 0 Å². The van der Waals surface area contributed by atoms with Crippen LogP contribution < -0.4 is 5.73 Å². The molecule has 88 valence electrons. The van der Waals surface area contributed by atoms with Crippen molar-refractivity contribution in [1.29, 1.82) is 0 Å². The van der Waals surface area contributed by atoms with Crippen LogP contribution in [-0.4, -0.2) is 41.4 Å². The lowest BCUT2D eigenvalue weighted by atomic mass is 10.0. The molecule has 0 radical (unpaired) electrons. The van der Waals surface area contributed by atoms with Crippen molar-refractivity contribution in [1.82, 2.24) is 4.90 Å². The van der Waals surface area contributed by atoms with E-state index in [0.29, 0.717) is 30.8 Å². The zero-order valence-corrected chi connectivity index (χ0v) is 10.6. The van der Waals surface area contributed by atoms with Crippen molar-refractivity contribution >= 4 is 17.7 Å². The molecular weight excluding hydrogens is 208 g/mol. The molecule has 1 saturated heterocycles. The minimum absolute atomic E-state index is 0.292. The highest BCUT2D eigenvalue weighted by Crippen LogP contribution is 2.18. The molecule has 4 heteroatoms. The number of carbonyl (C=O) groups excluding carboxylic acids is 1. The van der Waals surface area contributed by atoms with Crippen LogP contribution in [0.4, 0.5) is 0 Å².